The molecule has 0 saturated heterocycles. The molecule has 1 amide bonds. The van der Waals surface area contributed by atoms with Crippen LogP contribution in [0.2, 0.25) is 0 Å². The highest BCUT2D eigenvalue weighted by Gasteiger charge is 2.37. The first-order valence-electron chi connectivity index (χ1n) is 8.70. The maximum Gasteiger partial charge on any atom is 0.279 e. The molecule has 0 saturated carbocycles. The normalized spacial score (nSPS) is 15.9. The molecule has 0 unspecified atom stereocenters. The number of rotatable bonds is 4. The van der Waals surface area contributed by atoms with E-state index in [1.54, 1.807) is 42.6 Å². The number of hydrogen-bond donors (Lipinski definition) is 1. The van der Waals surface area contributed by atoms with Gasteiger partial charge in [0.25, 0.3) is 5.91 Å². The lowest BCUT2D eigenvalue weighted by molar-refractivity contribution is 0.0744. The van der Waals surface area contributed by atoms with Gasteiger partial charge in [-0.2, -0.15) is 5.10 Å². The number of ether oxygens (including phenoxy) is 1. The number of phenolic OH excluding ortho intramolecular Hbond substituents is 1. The lowest BCUT2D eigenvalue weighted by Gasteiger charge is -2.22. The van der Waals surface area contributed by atoms with Crippen LogP contribution in [0.25, 0.3) is 0 Å². The molecule has 0 fully saturated rings. The molecular formula is C21H16FN3O3S. The van der Waals surface area contributed by atoms with Crippen molar-refractivity contribution in [2.24, 2.45) is 5.10 Å². The molecule has 1 atom stereocenters. The van der Waals surface area contributed by atoms with Gasteiger partial charge in [-0.3, -0.25) is 4.79 Å². The standard InChI is InChI=1S/C21H16FN3O3S/c1-28-18-16(6-4-12-23-18)21-25(20(27)15-5-2-3-7-17(15)26)24-19(29-21)13-8-10-14(22)11-9-13/h2-12,21,26H,1H3/t21-/m1/s1. The van der Waals surface area contributed by atoms with Crippen LogP contribution in [0.3, 0.4) is 0 Å². The Morgan fingerprint density at radius 3 is 2.62 bits per heavy atom. The van der Waals surface area contributed by atoms with Gasteiger partial charge in [-0.05, 0) is 48.5 Å². The third-order valence-corrected chi connectivity index (χ3v) is 5.56. The van der Waals surface area contributed by atoms with E-state index in [1.807, 2.05) is 0 Å². The topological polar surface area (TPSA) is 75.0 Å². The molecule has 1 aromatic heterocycles. The number of pyridine rings is 1. The van der Waals surface area contributed by atoms with Crippen LogP contribution in [0.1, 0.15) is 26.9 Å². The lowest BCUT2D eigenvalue weighted by atomic mass is 10.1. The van der Waals surface area contributed by atoms with E-state index in [2.05, 4.69) is 10.1 Å². The number of phenols is 1. The fourth-order valence-corrected chi connectivity index (χ4v) is 4.10. The average Bonchev–Trinajstić information content (AvgIpc) is 3.19. The zero-order valence-electron chi connectivity index (χ0n) is 15.3. The number of para-hydroxylation sites is 1. The summed E-state index contributed by atoms with van der Waals surface area (Å²) in [6.45, 7) is 0. The minimum atomic E-state index is -0.564. The smallest absolute Gasteiger partial charge is 0.279 e. The Labute approximate surface area is 170 Å². The summed E-state index contributed by atoms with van der Waals surface area (Å²) in [6, 6.07) is 15.7. The summed E-state index contributed by atoms with van der Waals surface area (Å²) in [6.07, 6.45) is 1.60. The third kappa shape index (κ3) is 3.66. The van der Waals surface area contributed by atoms with Crippen LogP contribution in [-0.4, -0.2) is 33.2 Å². The number of benzene rings is 2. The molecule has 0 radical (unpaired) electrons. The van der Waals surface area contributed by atoms with Crippen molar-refractivity contribution < 1.29 is 19.0 Å². The number of carbonyl (C=O) groups excluding carboxylic acids is 1. The summed E-state index contributed by atoms with van der Waals surface area (Å²) >= 11 is 1.32. The fraction of sp³-hybridized carbons (Fsp3) is 0.0952. The second kappa shape index (κ2) is 7.92. The van der Waals surface area contributed by atoms with Gasteiger partial charge in [-0.1, -0.05) is 23.9 Å². The van der Waals surface area contributed by atoms with Crippen molar-refractivity contribution in [2.45, 2.75) is 5.37 Å². The Hall–Kier alpha value is -3.39. The van der Waals surface area contributed by atoms with Crippen LogP contribution >= 0.6 is 11.8 Å². The van der Waals surface area contributed by atoms with Crippen molar-refractivity contribution in [2.75, 3.05) is 7.11 Å². The average molecular weight is 409 g/mol. The van der Waals surface area contributed by atoms with Gasteiger partial charge in [-0.25, -0.2) is 14.4 Å². The molecule has 2 aromatic carbocycles. The van der Waals surface area contributed by atoms with E-state index in [4.69, 9.17) is 4.74 Å². The van der Waals surface area contributed by atoms with Crippen LogP contribution in [0.5, 0.6) is 11.6 Å². The molecule has 0 bridgehead atoms. The number of carbonyl (C=O) groups is 1. The Bertz CT molecular complexity index is 1090. The second-order valence-electron chi connectivity index (χ2n) is 6.15. The minimum absolute atomic E-state index is 0.130. The number of amides is 1. The van der Waals surface area contributed by atoms with E-state index in [0.29, 0.717) is 22.1 Å². The predicted molar refractivity (Wildman–Crippen MR) is 108 cm³/mol. The molecule has 29 heavy (non-hydrogen) atoms. The molecule has 3 aromatic rings. The van der Waals surface area contributed by atoms with Crippen molar-refractivity contribution in [1.82, 2.24) is 9.99 Å². The number of nitrogens with zero attached hydrogens (tertiary/aromatic N) is 3. The summed E-state index contributed by atoms with van der Waals surface area (Å²) in [7, 11) is 1.50. The van der Waals surface area contributed by atoms with E-state index in [0.717, 1.165) is 0 Å². The van der Waals surface area contributed by atoms with E-state index < -0.39 is 11.3 Å². The van der Waals surface area contributed by atoms with Crippen LogP contribution in [0.15, 0.2) is 72.0 Å². The summed E-state index contributed by atoms with van der Waals surface area (Å²) in [5.74, 6) is -0.589. The number of methoxy groups -OCH3 is 1. The van der Waals surface area contributed by atoms with Crippen LogP contribution < -0.4 is 4.74 Å². The molecule has 2 heterocycles. The molecule has 8 heteroatoms. The van der Waals surface area contributed by atoms with E-state index in [-0.39, 0.29) is 17.1 Å². The highest BCUT2D eigenvalue weighted by Crippen LogP contribution is 2.44. The molecular weight excluding hydrogens is 393 g/mol. The zero-order valence-corrected chi connectivity index (χ0v) is 16.1. The van der Waals surface area contributed by atoms with Gasteiger partial charge in [-0.15, -0.1) is 0 Å². The molecule has 4 rings (SSSR count). The van der Waals surface area contributed by atoms with Crippen molar-refractivity contribution >= 4 is 22.7 Å². The molecule has 0 spiro atoms. The lowest BCUT2D eigenvalue weighted by Crippen LogP contribution is -2.26. The van der Waals surface area contributed by atoms with Crippen molar-refractivity contribution in [3.05, 3.63) is 89.4 Å². The third-order valence-electron chi connectivity index (χ3n) is 4.34. The first-order chi connectivity index (χ1) is 14.1. The Kier molecular flexibility index (Phi) is 5.18. The first-order valence-corrected chi connectivity index (χ1v) is 9.58. The van der Waals surface area contributed by atoms with Crippen molar-refractivity contribution in [3.8, 4) is 11.6 Å². The van der Waals surface area contributed by atoms with Gasteiger partial charge >= 0.3 is 0 Å². The predicted octanol–water partition coefficient (Wildman–Crippen LogP) is 4.18. The van der Waals surface area contributed by atoms with Gasteiger partial charge in [0.2, 0.25) is 5.88 Å². The van der Waals surface area contributed by atoms with Gasteiger partial charge < -0.3 is 9.84 Å². The number of hydrogen-bond acceptors (Lipinski definition) is 6. The highest BCUT2D eigenvalue weighted by atomic mass is 32.2. The van der Waals surface area contributed by atoms with Crippen LogP contribution in [0, 0.1) is 5.82 Å². The Morgan fingerprint density at radius 2 is 1.90 bits per heavy atom. The monoisotopic (exact) mass is 409 g/mol. The number of halogens is 1. The molecule has 1 aliphatic heterocycles. The van der Waals surface area contributed by atoms with Crippen molar-refractivity contribution in [3.63, 3.8) is 0 Å². The molecule has 1 N–H and O–H groups in total. The zero-order chi connectivity index (χ0) is 20.4. The number of thioether (sulfide) groups is 1. The van der Waals surface area contributed by atoms with Gasteiger partial charge in [0.05, 0.1) is 12.7 Å². The quantitative estimate of drug-likeness (QED) is 0.700. The van der Waals surface area contributed by atoms with Gasteiger partial charge in [0.15, 0.2) is 0 Å². The maximum atomic E-state index is 13.3. The molecule has 0 aliphatic carbocycles. The summed E-state index contributed by atoms with van der Waals surface area (Å²) in [4.78, 5) is 17.4. The number of aromatic hydroxyl groups is 1. The minimum Gasteiger partial charge on any atom is -0.507 e. The number of hydrazone groups is 1. The number of aromatic nitrogens is 1. The Balaban J connectivity index is 1.78. The molecule has 146 valence electrons. The first kappa shape index (κ1) is 18.9. The SMILES string of the molecule is COc1ncccc1[C@H]1SC(c2ccc(F)cc2)=NN1C(=O)c1ccccc1O. The van der Waals surface area contributed by atoms with Gasteiger partial charge in [0.1, 0.15) is 22.0 Å². The summed E-state index contributed by atoms with van der Waals surface area (Å²) in [5.41, 5.74) is 1.46. The van der Waals surface area contributed by atoms with Crippen LogP contribution in [0.4, 0.5) is 4.39 Å². The van der Waals surface area contributed by atoms with Crippen molar-refractivity contribution in [1.29, 1.82) is 0 Å². The van der Waals surface area contributed by atoms with E-state index >= 15 is 0 Å². The maximum absolute atomic E-state index is 13.3. The highest BCUT2D eigenvalue weighted by molar-refractivity contribution is 8.14. The fourth-order valence-electron chi connectivity index (χ4n) is 2.93. The molecule has 6 nitrogen and oxygen atoms in total. The van der Waals surface area contributed by atoms with E-state index in [1.165, 1.54) is 48.1 Å². The van der Waals surface area contributed by atoms with Crippen LogP contribution in [-0.2, 0) is 0 Å². The Morgan fingerprint density at radius 1 is 1.14 bits per heavy atom. The van der Waals surface area contributed by atoms with E-state index in [9.17, 15) is 14.3 Å². The largest absolute Gasteiger partial charge is 0.507 e. The van der Waals surface area contributed by atoms with Gasteiger partial charge in [0, 0.05) is 17.3 Å². The summed E-state index contributed by atoms with van der Waals surface area (Å²) in [5, 5.41) is 15.9. The molecule has 1 aliphatic rings. The second-order valence-corrected chi connectivity index (χ2v) is 7.22. The summed E-state index contributed by atoms with van der Waals surface area (Å²) < 4.78 is 18.7.